The topological polar surface area (TPSA) is 75.7 Å². The van der Waals surface area contributed by atoms with E-state index in [1.54, 1.807) is 0 Å². The number of hydrogen-bond acceptors (Lipinski definition) is 4. The Balaban J connectivity index is 1.89. The van der Waals surface area contributed by atoms with Gasteiger partial charge in [0.15, 0.2) is 0 Å². The summed E-state index contributed by atoms with van der Waals surface area (Å²) < 4.78 is 31.1. The summed E-state index contributed by atoms with van der Waals surface area (Å²) in [5.74, 6) is -0.0654. The third-order valence-electron chi connectivity index (χ3n) is 4.21. The molecule has 1 saturated heterocycles. The highest BCUT2D eigenvalue weighted by molar-refractivity contribution is 7.92. The maximum atomic E-state index is 12.1. The fraction of sp³-hybridized carbons (Fsp3) is 0.611. The number of ether oxygens (including phenoxy) is 1. The van der Waals surface area contributed by atoms with Gasteiger partial charge in [0.25, 0.3) is 0 Å². The standard InChI is InChI=1S/C18H28N2O4S/c1-14-10-15(2)12-16(11-14)20(25(3,22)23)8-4-7-18(21)19-13-17-6-5-9-24-17/h10-12,17H,4-9,13H2,1-3H3,(H,19,21)/t17-/m0/s1. The molecule has 25 heavy (non-hydrogen) atoms. The SMILES string of the molecule is Cc1cc(C)cc(N(CCCC(=O)NC[C@@H]2CCCO2)S(C)(=O)=O)c1. The van der Waals surface area contributed by atoms with Gasteiger partial charge in [-0.05, 0) is 56.4 Å². The molecule has 0 spiro atoms. The molecule has 1 atom stereocenters. The van der Waals surface area contributed by atoms with Crippen LogP contribution in [0.3, 0.4) is 0 Å². The van der Waals surface area contributed by atoms with Crippen molar-refractivity contribution in [2.45, 2.75) is 45.6 Å². The number of benzene rings is 1. The Morgan fingerprint density at radius 1 is 1.28 bits per heavy atom. The Morgan fingerprint density at radius 3 is 2.52 bits per heavy atom. The molecular formula is C18H28N2O4S. The summed E-state index contributed by atoms with van der Waals surface area (Å²) in [4.78, 5) is 11.9. The number of carbonyl (C=O) groups is 1. The number of sulfonamides is 1. The van der Waals surface area contributed by atoms with Crippen LogP contribution in [0.4, 0.5) is 5.69 Å². The summed E-state index contributed by atoms with van der Waals surface area (Å²) in [5.41, 5.74) is 2.68. The average molecular weight is 368 g/mol. The molecule has 2 rings (SSSR count). The Morgan fingerprint density at radius 2 is 1.96 bits per heavy atom. The van der Waals surface area contributed by atoms with Crippen molar-refractivity contribution in [3.05, 3.63) is 29.3 Å². The molecule has 1 aliphatic heterocycles. The van der Waals surface area contributed by atoms with E-state index in [0.717, 1.165) is 30.6 Å². The summed E-state index contributed by atoms with van der Waals surface area (Å²) in [6, 6.07) is 5.71. The van der Waals surface area contributed by atoms with Crippen LogP contribution in [0, 0.1) is 13.8 Å². The van der Waals surface area contributed by atoms with Gasteiger partial charge in [0.2, 0.25) is 15.9 Å². The van der Waals surface area contributed by atoms with Gasteiger partial charge in [0, 0.05) is 26.1 Å². The van der Waals surface area contributed by atoms with Crippen molar-refractivity contribution < 1.29 is 17.9 Å². The van der Waals surface area contributed by atoms with Gasteiger partial charge in [-0.25, -0.2) is 8.42 Å². The van der Waals surface area contributed by atoms with Crippen LogP contribution in [-0.4, -0.2) is 46.4 Å². The molecular weight excluding hydrogens is 340 g/mol. The van der Waals surface area contributed by atoms with Crippen molar-refractivity contribution in [2.75, 3.05) is 30.3 Å². The number of hydrogen-bond donors (Lipinski definition) is 1. The minimum absolute atomic E-state index is 0.0654. The lowest BCUT2D eigenvalue weighted by atomic mass is 10.1. The van der Waals surface area contributed by atoms with Gasteiger partial charge in [-0.2, -0.15) is 0 Å². The highest BCUT2D eigenvalue weighted by atomic mass is 32.2. The fourth-order valence-corrected chi connectivity index (χ4v) is 4.03. The van der Waals surface area contributed by atoms with Gasteiger partial charge in [0.1, 0.15) is 0 Å². The van der Waals surface area contributed by atoms with Crippen LogP contribution in [0.1, 0.15) is 36.8 Å². The van der Waals surface area contributed by atoms with Gasteiger partial charge in [-0.3, -0.25) is 9.10 Å². The second-order valence-electron chi connectivity index (χ2n) is 6.72. The number of nitrogens with zero attached hydrogens (tertiary/aromatic N) is 1. The van der Waals surface area contributed by atoms with Crippen LogP contribution in [0.2, 0.25) is 0 Å². The maximum Gasteiger partial charge on any atom is 0.232 e. The van der Waals surface area contributed by atoms with Gasteiger partial charge < -0.3 is 10.1 Å². The summed E-state index contributed by atoms with van der Waals surface area (Å²) in [7, 11) is -3.39. The molecule has 0 unspecified atom stereocenters. The Bertz CT molecular complexity index is 677. The molecule has 1 aromatic carbocycles. The van der Waals surface area contributed by atoms with Gasteiger partial charge in [-0.1, -0.05) is 6.07 Å². The summed E-state index contributed by atoms with van der Waals surface area (Å²) in [6.45, 7) is 5.46. The summed E-state index contributed by atoms with van der Waals surface area (Å²) in [6.07, 6.45) is 4.10. The van der Waals surface area contributed by atoms with Gasteiger partial charge in [-0.15, -0.1) is 0 Å². The first-order chi connectivity index (χ1) is 11.8. The molecule has 1 aliphatic rings. The number of amides is 1. The van der Waals surface area contributed by atoms with Crippen molar-refractivity contribution in [2.24, 2.45) is 0 Å². The highest BCUT2D eigenvalue weighted by Gasteiger charge is 2.19. The highest BCUT2D eigenvalue weighted by Crippen LogP contribution is 2.21. The van der Waals surface area contributed by atoms with E-state index in [1.807, 2.05) is 32.0 Å². The van der Waals surface area contributed by atoms with Crippen LogP contribution in [0.15, 0.2) is 18.2 Å². The molecule has 1 amide bonds. The molecule has 140 valence electrons. The van der Waals surface area contributed by atoms with Crippen LogP contribution >= 0.6 is 0 Å². The van der Waals surface area contributed by atoms with Crippen molar-refractivity contribution in [1.29, 1.82) is 0 Å². The number of nitrogens with one attached hydrogen (secondary N) is 1. The van der Waals surface area contributed by atoms with Crippen molar-refractivity contribution in [1.82, 2.24) is 5.32 Å². The van der Waals surface area contributed by atoms with E-state index in [1.165, 1.54) is 10.6 Å². The average Bonchev–Trinajstić information content (AvgIpc) is 3.00. The van der Waals surface area contributed by atoms with E-state index in [2.05, 4.69) is 5.32 Å². The molecule has 1 N–H and O–H groups in total. The Kier molecular flexibility index (Phi) is 6.84. The van der Waals surface area contributed by atoms with E-state index in [-0.39, 0.29) is 18.6 Å². The molecule has 6 nitrogen and oxygen atoms in total. The summed E-state index contributed by atoms with van der Waals surface area (Å²) >= 11 is 0. The van der Waals surface area contributed by atoms with E-state index in [9.17, 15) is 13.2 Å². The number of rotatable bonds is 8. The van der Waals surface area contributed by atoms with Crippen LogP contribution < -0.4 is 9.62 Å². The monoisotopic (exact) mass is 368 g/mol. The first-order valence-electron chi connectivity index (χ1n) is 8.70. The smallest absolute Gasteiger partial charge is 0.232 e. The first-order valence-corrected chi connectivity index (χ1v) is 10.5. The third-order valence-corrected chi connectivity index (χ3v) is 5.40. The maximum absolute atomic E-state index is 12.1. The molecule has 1 heterocycles. The zero-order valence-electron chi connectivity index (χ0n) is 15.2. The zero-order chi connectivity index (χ0) is 18.4. The number of aryl methyl sites for hydroxylation is 2. The lowest BCUT2D eigenvalue weighted by Crippen LogP contribution is -2.34. The molecule has 1 fully saturated rings. The second kappa shape index (κ2) is 8.67. The van der Waals surface area contributed by atoms with E-state index < -0.39 is 10.0 Å². The Labute approximate surface area is 150 Å². The van der Waals surface area contributed by atoms with Crippen molar-refractivity contribution in [3.8, 4) is 0 Å². The Hall–Kier alpha value is -1.60. The molecule has 0 radical (unpaired) electrons. The predicted octanol–water partition coefficient (Wildman–Crippen LogP) is 2.14. The molecule has 0 aliphatic carbocycles. The minimum Gasteiger partial charge on any atom is -0.376 e. The minimum atomic E-state index is -3.39. The van der Waals surface area contributed by atoms with Crippen LogP contribution in [0.5, 0.6) is 0 Å². The van der Waals surface area contributed by atoms with Crippen molar-refractivity contribution in [3.63, 3.8) is 0 Å². The second-order valence-corrected chi connectivity index (χ2v) is 8.63. The molecule has 0 aromatic heterocycles. The van der Waals surface area contributed by atoms with Gasteiger partial charge in [0.05, 0.1) is 18.0 Å². The lowest BCUT2D eigenvalue weighted by molar-refractivity contribution is -0.121. The molecule has 1 aromatic rings. The number of anilines is 1. The lowest BCUT2D eigenvalue weighted by Gasteiger charge is -2.23. The van der Waals surface area contributed by atoms with Gasteiger partial charge >= 0.3 is 0 Å². The predicted molar refractivity (Wildman–Crippen MR) is 99.3 cm³/mol. The molecule has 0 saturated carbocycles. The quantitative estimate of drug-likeness (QED) is 0.763. The first kappa shape index (κ1) is 19.7. The van der Waals surface area contributed by atoms with Crippen LogP contribution in [0.25, 0.3) is 0 Å². The molecule has 7 heteroatoms. The zero-order valence-corrected chi connectivity index (χ0v) is 16.1. The van der Waals surface area contributed by atoms with Crippen molar-refractivity contribution >= 4 is 21.6 Å². The van der Waals surface area contributed by atoms with E-state index >= 15 is 0 Å². The fourth-order valence-electron chi connectivity index (χ4n) is 3.09. The largest absolute Gasteiger partial charge is 0.376 e. The van der Waals surface area contributed by atoms with E-state index in [0.29, 0.717) is 25.1 Å². The number of carbonyl (C=O) groups excluding carboxylic acids is 1. The van der Waals surface area contributed by atoms with Crippen LogP contribution in [-0.2, 0) is 19.6 Å². The third kappa shape index (κ3) is 6.32. The normalized spacial score (nSPS) is 17.5. The summed E-state index contributed by atoms with van der Waals surface area (Å²) in [5, 5.41) is 2.86. The van der Waals surface area contributed by atoms with E-state index in [4.69, 9.17) is 4.74 Å². The molecule has 0 bridgehead atoms.